The minimum atomic E-state index is -0.430. The van der Waals surface area contributed by atoms with Crippen LogP contribution in [0.25, 0.3) is 0 Å². The average molecular weight is 236 g/mol. The highest BCUT2D eigenvalue weighted by atomic mass is 16.2. The molecule has 0 atom stereocenters. The van der Waals surface area contributed by atoms with E-state index in [1.165, 1.54) is 0 Å². The van der Waals surface area contributed by atoms with E-state index in [4.69, 9.17) is 5.73 Å². The predicted octanol–water partition coefficient (Wildman–Crippen LogP) is 0.526. The number of urea groups is 1. The molecule has 92 valence electrons. The predicted molar refractivity (Wildman–Crippen MR) is 66.6 cm³/mol. The molecule has 0 bridgehead atoms. The first-order valence-corrected chi connectivity index (χ1v) is 5.29. The van der Waals surface area contributed by atoms with Crippen LogP contribution in [0.2, 0.25) is 0 Å². The lowest BCUT2D eigenvalue weighted by molar-refractivity contribution is -0.119. The molecule has 0 aliphatic carbocycles. The number of hydrogen-bond acceptors (Lipinski definition) is 3. The number of benzene rings is 1. The van der Waals surface area contributed by atoms with Gasteiger partial charge in [0.1, 0.15) is 0 Å². The van der Waals surface area contributed by atoms with Crippen molar-refractivity contribution in [1.82, 2.24) is 10.6 Å². The van der Waals surface area contributed by atoms with E-state index in [1.54, 1.807) is 24.3 Å². The van der Waals surface area contributed by atoms with Gasteiger partial charge in [0.25, 0.3) is 0 Å². The summed E-state index contributed by atoms with van der Waals surface area (Å²) in [4.78, 5) is 22.4. The third-order valence-electron chi connectivity index (χ3n) is 1.95. The van der Waals surface area contributed by atoms with Gasteiger partial charge in [-0.2, -0.15) is 0 Å². The van der Waals surface area contributed by atoms with Crippen molar-refractivity contribution in [3.05, 3.63) is 24.3 Å². The molecule has 0 saturated carbocycles. The Kier molecular flexibility index (Phi) is 4.80. The van der Waals surface area contributed by atoms with Gasteiger partial charge in [-0.15, -0.1) is 0 Å². The smallest absolute Gasteiger partial charge is 0.319 e. The van der Waals surface area contributed by atoms with Gasteiger partial charge in [0.15, 0.2) is 0 Å². The van der Waals surface area contributed by atoms with Gasteiger partial charge < -0.3 is 21.7 Å². The summed E-state index contributed by atoms with van der Waals surface area (Å²) in [6, 6.07) is 6.29. The number of nitrogens with two attached hydrogens (primary N) is 1. The van der Waals surface area contributed by atoms with E-state index >= 15 is 0 Å². The minimum Gasteiger partial charge on any atom is -0.399 e. The number of amides is 3. The summed E-state index contributed by atoms with van der Waals surface area (Å²) in [5, 5.41) is 7.59. The zero-order chi connectivity index (χ0) is 12.7. The topological polar surface area (TPSA) is 96.2 Å². The summed E-state index contributed by atoms with van der Waals surface area (Å²) in [7, 11) is 0. The van der Waals surface area contributed by atoms with E-state index in [1.807, 2.05) is 6.92 Å². The fraction of sp³-hybridized carbons (Fsp3) is 0.273. The molecule has 1 aromatic carbocycles. The number of rotatable bonds is 4. The molecule has 1 aromatic rings. The molecule has 6 heteroatoms. The molecule has 1 rings (SSSR count). The number of carbonyl (C=O) groups excluding carboxylic acids is 2. The Morgan fingerprint density at radius 3 is 2.41 bits per heavy atom. The SMILES string of the molecule is CCNC(=O)CNC(=O)Nc1ccc(N)cc1. The van der Waals surface area contributed by atoms with Gasteiger partial charge in [-0.3, -0.25) is 4.79 Å². The third-order valence-corrected chi connectivity index (χ3v) is 1.95. The van der Waals surface area contributed by atoms with Crippen molar-refractivity contribution in [1.29, 1.82) is 0 Å². The Bertz CT molecular complexity index is 389. The van der Waals surface area contributed by atoms with Crippen LogP contribution in [0.15, 0.2) is 24.3 Å². The number of carbonyl (C=O) groups is 2. The monoisotopic (exact) mass is 236 g/mol. The highest BCUT2D eigenvalue weighted by molar-refractivity contribution is 5.92. The Balaban J connectivity index is 2.34. The molecule has 0 radical (unpaired) electrons. The van der Waals surface area contributed by atoms with E-state index in [0.29, 0.717) is 17.9 Å². The van der Waals surface area contributed by atoms with Crippen LogP contribution in [0.4, 0.5) is 16.2 Å². The molecule has 0 spiro atoms. The molecule has 0 heterocycles. The van der Waals surface area contributed by atoms with Crippen molar-refractivity contribution < 1.29 is 9.59 Å². The summed E-state index contributed by atoms with van der Waals surface area (Å²) in [5.41, 5.74) is 6.75. The molecule has 0 aromatic heterocycles. The van der Waals surface area contributed by atoms with Crippen LogP contribution in [0.3, 0.4) is 0 Å². The van der Waals surface area contributed by atoms with E-state index in [9.17, 15) is 9.59 Å². The minimum absolute atomic E-state index is 0.0470. The van der Waals surface area contributed by atoms with Crippen molar-refractivity contribution >= 4 is 23.3 Å². The molecule has 0 saturated heterocycles. The van der Waals surface area contributed by atoms with E-state index in [2.05, 4.69) is 16.0 Å². The second-order valence-electron chi connectivity index (χ2n) is 3.38. The highest BCUT2D eigenvalue weighted by Gasteiger charge is 2.04. The van der Waals surface area contributed by atoms with Crippen LogP contribution in [-0.4, -0.2) is 25.0 Å². The summed E-state index contributed by atoms with van der Waals surface area (Å²) in [6.45, 7) is 2.31. The zero-order valence-electron chi connectivity index (χ0n) is 9.62. The maximum absolute atomic E-state index is 11.4. The van der Waals surface area contributed by atoms with Crippen LogP contribution < -0.4 is 21.7 Å². The molecule has 0 unspecified atom stereocenters. The molecule has 0 fully saturated rings. The normalized spacial score (nSPS) is 9.47. The van der Waals surface area contributed by atoms with Gasteiger partial charge in [-0.1, -0.05) is 0 Å². The van der Waals surface area contributed by atoms with Gasteiger partial charge in [0, 0.05) is 17.9 Å². The molecule has 17 heavy (non-hydrogen) atoms. The summed E-state index contributed by atoms with van der Waals surface area (Å²) < 4.78 is 0. The van der Waals surface area contributed by atoms with Crippen LogP contribution in [0, 0.1) is 0 Å². The second-order valence-corrected chi connectivity index (χ2v) is 3.38. The van der Waals surface area contributed by atoms with Crippen LogP contribution in [-0.2, 0) is 4.79 Å². The van der Waals surface area contributed by atoms with Gasteiger partial charge >= 0.3 is 6.03 Å². The summed E-state index contributed by atoms with van der Waals surface area (Å²) in [6.07, 6.45) is 0. The number of anilines is 2. The Morgan fingerprint density at radius 1 is 1.18 bits per heavy atom. The Labute approximate surface area is 99.6 Å². The van der Waals surface area contributed by atoms with E-state index in [0.717, 1.165) is 0 Å². The van der Waals surface area contributed by atoms with Gasteiger partial charge in [-0.25, -0.2) is 4.79 Å². The van der Waals surface area contributed by atoms with Gasteiger partial charge in [0.2, 0.25) is 5.91 Å². The van der Waals surface area contributed by atoms with Crippen molar-refractivity contribution in [2.75, 3.05) is 24.1 Å². The lowest BCUT2D eigenvalue weighted by atomic mass is 10.3. The molecule has 6 nitrogen and oxygen atoms in total. The number of hydrogen-bond donors (Lipinski definition) is 4. The standard InChI is InChI=1S/C11H16N4O2/c1-2-13-10(16)7-14-11(17)15-9-5-3-8(12)4-6-9/h3-6H,2,7,12H2,1H3,(H,13,16)(H2,14,15,17). The van der Waals surface area contributed by atoms with Crippen molar-refractivity contribution in [3.63, 3.8) is 0 Å². The Hall–Kier alpha value is -2.24. The highest BCUT2D eigenvalue weighted by Crippen LogP contribution is 2.09. The lowest BCUT2D eigenvalue weighted by Gasteiger charge is -2.07. The first-order chi connectivity index (χ1) is 8.11. The summed E-state index contributed by atoms with van der Waals surface area (Å²) in [5.74, 6) is -0.222. The maximum Gasteiger partial charge on any atom is 0.319 e. The lowest BCUT2D eigenvalue weighted by Crippen LogP contribution is -2.38. The molecular formula is C11H16N4O2. The van der Waals surface area contributed by atoms with Crippen molar-refractivity contribution in [2.24, 2.45) is 0 Å². The summed E-state index contributed by atoms with van der Waals surface area (Å²) >= 11 is 0. The van der Waals surface area contributed by atoms with Crippen LogP contribution >= 0.6 is 0 Å². The van der Waals surface area contributed by atoms with Gasteiger partial charge in [0.05, 0.1) is 6.54 Å². The second kappa shape index (κ2) is 6.37. The van der Waals surface area contributed by atoms with Gasteiger partial charge in [-0.05, 0) is 31.2 Å². The fourth-order valence-corrected chi connectivity index (χ4v) is 1.16. The zero-order valence-corrected chi connectivity index (χ0v) is 9.62. The fourth-order valence-electron chi connectivity index (χ4n) is 1.16. The molecular weight excluding hydrogens is 220 g/mol. The average Bonchev–Trinajstić information content (AvgIpc) is 2.30. The number of nitrogens with one attached hydrogen (secondary N) is 3. The van der Waals surface area contributed by atoms with Crippen LogP contribution in [0.5, 0.6) is 0 Å². The maximum atomic E-state index is 11.4. The molecule has 3 amide bonds. The number of nitrogen functional groups attached to an aromatic ring is 1. The number of likely N-dealkylation sites (N-methyl/N-ethyl adjacent to an activating group) is 1. The van der Waals surface area contributed by atoms with E-state index < -0.39 is 6.03 Å². The largest absolute Gasteiger partial charge is 0.399 e. The molecule has 5 N–H and O–H groups in total. The van der Waals surface area contributed by atoms with E-state index in [-0.39, 0.29) is 12.5 Å². The molecule has 0 aliphatic heterocycles. The van der Waals surface area contributed by atoms with Crippen molar-refractivity contribution in [2.45, 2.75) is 6.92 Å². The van der Waals surface area contributed by atoms with Crippen LogP contribution in [0.1, 0.15) is 6.92 Å². The quantitative estimate of drug-likeness (QED) is 0.574. The molecule has 0 aliphatic rings. The third kappa shape index (κ3) is 4.87. The first-order valence-electron chi connectivity index (χ1n) is 5.29. The first kappa shape index (κ1) is 12.8. The van der Waals surface area contributed by atoms with Crippen molar-refractivity contribution in [3.8, 4) is 0 Å². The Morgan fingerprint density at radius 2 is 1.82 bits per heavy atom.